The van der Waals surface area contributed by atoms with Crippen LogP contribution in [0.4, 0.5) is 0 Å². The smallest absolute Gasteiger partial charge is 0.309 e. The zero-order valence-electron chi connectivity index (χ0n) is 18.4. The molecule has 160 valence electrons. The van der Waals surface area contributed by atoms with Crippen LogP contribution in [0.2, 0.25) is 0 Å². The molecule has 5 nitrogen and oxygen atoms in total. The average molecular weight is 408 g/mol. The Kier molecular flexibility index (Phi) is 6.61. The molecule has 30 heavy (non-hydrogen) atoms. The highest BCUT2D eigenvalue weighted by molar-refractivity contribution is 6.35. The van der Waals surface area contributed by atoms with Crippen molar-refractivity contribution in [3.63, 3.8) is 0 Å². The van der Waals surface area contributed by atoms with E-state index >= 15 is 0 Å². The standard InChI is InChI=1S/C25H33N3O2/c1-24(2)15-20(16-25(3,4)28-24)27-23(30)22(29)26-17-21(18-11-7-5-8-12-18)19-13-9-6-10-14-19/h5-14,20-21,28H,15-17H2,1-4H3,(H,26,29)(H,27,30). The maximum absolute atomic E-state index is 12.6. The van der Waals surface area contributed by atoms with Crippen LogP contribution < -0.4 is 16.0 Å². The molecule has 0 spiro atoms. The highest BCUT2D eigenvalue weighted by Gasteiger charge is 2.38. The zero-order valence-corrected chi connectivity index (χ0v) is 18.4. The van der Waals surface area contributed by atoms with E-state index in [0.717, 1.165) is 24.0 Å². The molecule has 1 saturated heterocycles. The van der Waals surface area contributed by atoms with Gasteiger partial charge in [0, 0.05) is 29.6 Å². The van der Waals surface area contributed by atoms with Crippen LogP contribution in [0, 0.1) is 0 Å². The molecule has 1 aliphatic rings. The van der Waals surface area contributed by atoms with Crippen LogP contribution in [0.3, 0.4) is 0 Å². The first-order valence-corrected chi connectivity index (χ1v) is 10.6. The number of carbonyl (C=O) groups is 2. The Bertz CT molecular complexity index is 807. The van der Waals surface area contributed by atoms with Crippen LogP contribution in [-0.2, 0) is 9.59 Å². The van der Waals surface area contributed by atoms with Crippen molar-refractivity contribution in [2.75, 3.05) is 6.54 Å². The zero-order chi connectivity index (χ0) is 21.8. The number of hydrogen-bond acceptors (Lipinski definition) is 3. The fourth-order valence-electron chi connectivity index (χ4n) is 4.75. The van der Waals surface area contributed by atoms with E-state index in [0.29, 0.717) is 6.54 Å². The van der Waals surface area contributed by atoms with E-state index in [-0.39, 0.29) is 23.0 Å². The molecule has 3 rings (SSSR count). The fraction of sp³-hybridized carbons (Fsp3) is 0.440. The van der Waals surface area contributed by atoms with Gasteiger partial charge in [0.1, 0.15) is 0 Å². The summed E-state index contributed by atoms with van der Waals surface area (Å²) in [4.78, 5) is 25.1. The monoisotopic (exact) mass is 407 g/mol. The van der Waals surface area contributed by atoms with E-state index in [1.807, 2.05) is 60.7 Å². The molecule has 5 heteroatoms. The molecule has 0 radical (unpaired) electrons. The number of benzene rings is 2. The molecule has 0 bridgehead atoms. The van der Waals surface area contributed by atoms with Crippen molar-refractivity contribution in [1.82, 2.24) is 16.0 Å². The third kappa shape index (κ3) is 5.92. The van der Waals surface area contributed by atoms with Gasteiger partial charge < -0.3 is 16.0 Å². The molecule has 0 atom stereocenters. The van der Waals surface area contributed by atoms with Gasteiger partial charge >= 0.3 is 11.8 Å². The number of hydrogen-bond donors (Lipinski definition) is 3. The summed E-state index contributed by atoms with van der Waals surface area (Å²) in [5.74, 6) is -1.16. The second-order valence-electron chi connectivity index (χ2n) is 9.56. The van der Waals surface area contributed by atoms with Gasteiger partial charge in [-0.05, 0) is 51.7 Å². The highest BCUT2D eigenvalue weighted by Crippen LogP contribution is 2.28. The van der Waals surface area contributed by atoms with Crippen molar-refractivity contribution in [2.24, 2.45) is 0 Å². The maximum Gasteiger partial charge on any atom is 0.309 e. The summed E-state index contributed by atoms with van der Waals surface area (Å²) in [7, 11) is 0. The highest BCUT2D eigenvalue weighted by atomic mass is 16.2. The molecule has 0 aromatic heterocycles. The van der Waals surface area contributed by atoms with Gasteiger partial charge in [0.05, 0.1) is 0 Å². The summed E-state index contributed by atoms with van der Waals surface area (Å²) >= 11 is 0. The maximum atomic E-state index is 12.6. The Balaban J connectivity index is 1.63. The summed E-state index contributed by atoms with van der Waals surface area (Å²) < 4.78 is 0. The van der Waals surface area contributed by atoms with Gasteiger partial charge in [-0.1, -0.05) is 60.7 Å². The Hall–Kier alpha value is -2.66. The Morgan fingerprint density at radius 1 is 0.867 bits per heavy atom. The Morgan fingerprint density at radius 2 is 1.33 bits per heavy atom. The van der Waals surface area contributed by atoms with Gasteiger partial charge in [0.2, 0.25) is 0 Å². The van der Waals surface area contributed by atoms with Crippen LogP contribution in [-0.4, -0.2) is 35.5 Å². The molecule has 2 aromatic carbocycles. The molecule has 1 aliphatic heterocycles. The SMILES string of the molecule is CC1(C)CC(NC(=O)C(=O)NCC(c2ccccc2)c2ccccc2)CC(C)(C)N1. The lowest BCUT2D eigenvalue weighted by Gasteiger charge is -2.46. The van der Waals surface area contributed by atoms with E-state index in [9.17, 15) is 9.59 Å². The minimum absolute atomic E-state index is 0.0131. The van der Waals surface area contributed by atoms with Crippen LogP contribution in [0.5, 0.6) is 0 Å². The van der Waals surface area contributed by atoms with Gasteiger partial charge in [-0.3, -0.25) is 9.59 Å². The first-order valence-electron chi connectivity index (χ1n) is 10.6. The first-order chi connectivity index (χ1) is 14.2. The summed E-state index contributed by atoms with van der Waals surface area (Å²) in [6.07, 6.45) is 1.57. The average Bonchev–Trinajstić information content (AvgIpc) is 2.67. The summed E-state index contributed by atoms with van der Waals surface area (Å²) in [6.45, 7) is 8.85. The van der Waals surface area contributed by atoms with Crippen molar-refractivity contribution < 1.29 is 9.59 Å². The third-order valence-electron chi connectivity index (χ3n) is 5.60. The molecular formula is C25H33N3O2. The van der Waals surface area contributed by atoms with Crippen molar-refractivity contribution in [3.05, 3.63) is 71.8 Å². The predicted molar refractivity (Wildman–Crippen MR) is 120 cm³/mol. The second-order valence-corrected chi connectivity index (χ2v) is 9.56. The molecule has 1 heterocycles. The Labute approximate surface area is 179 Å². The number of carbonyl (C=O) groups excluding carboxylic acids is 2. The number of amides is 2. The van der Waals surface area contributed by atoms with Crippen LogP contribution in [0.15, 0.2) is 60.7 Å². The molecule has 0 aliphatic carbocycles. The normalized spacial score (nSPS) is 18.0. The molecule has 2 aromatic rings. The molecule has 1 fully saturated rings. The minimum Gasteiger partial charge on any atom is -0.347 e. The topological polar surface area (TPSA) is 70.2 Å². The van der Waals surface area contributed by atoms with Crippen molar-refractivity contribution >= 4 is 11.8 Å². The molecule has 2 amide bonds. The number of piperidine rings is 1. The fourth-order valence-corrected chi connectivity index (χ4v) is 4.75. The van der Waals surface area contributed by atoms with E-state index in [2.05, 4.69) is 43.6 Å². The largest absolute Gasteiger partial charge is 0.347 e. The second kappa shape index (κ2) is 9.00. The minimum atomic E-state index is -0.582. The van der Waals surface area contributed by atoms with Crippen molar-refractivity contribution in [1.29, 1.82) is 0 Å². The Morgan fingerprint density at radius 3 is 1.80 bits per heavy atom. The summed E-state index contributed by atoms with van der Waals surface area (Å²) in [6, 6.07) is 20.0. The van der Waals surface area contributed by atoms with Crippen LogP contribution >= 0.6 is 0 Å². The van der Waals surface area contributed by atoms with Crippen LogP contribution in [0.25, 0.3) is 0 Å². The predicted octanol–water partition coefficient (Wildman–Crippen LogP) is 3.36. The first kappa shape index (κ1) is 22.0. The van der Waals surface area contributed by atoms with Gasteiger partial charge in [-0.2, -0.15) is 0 Å². The summed E-state index contributed by atoms with van der Waals surface area (Å²) in [5, 5.41) is 9.38. The van der Waals surface area contributed by atoms with E-state index in [1.165, 1.54) is 0 Å². The van der Waals surface area contributed by atoms with Crippen molar-refractivity contribution in [3.8, 4) is 0 Å². The summed E-state index contributed by atoms with van der Waals surface area (Å²) in [5.41, 5.74) is 2.02. The lowest BCUT2D eigenvalue weighted by atomic mass is 9.79. The molecule has 0 unspecified atom stereocenters. The quantitative estimate of drug-likeness (QED) is 0.666. The van der Waals surface area contributed by atoms with Gasteiger partial charge in [0.25, 0.3) is 0 Å². The van der Waals surface area contributed by atoms with Crippen molar-refractivity contribution in [2.45, 2.75) is 63.6 Å². The van der Waals surface area contributed by atoms with Gasteiger partial charge in [-0.25, -0.2) is 0 Å². The third-order valence-corrected chi connectivity index (χ3v) is 5.60. The van der Waals surface area contributed by atoms with E-state index < -0.39 is 11.8 Å². The van der Waals surface area contributed by atoms with E-state index in [1.54, 1.807) is 0 Å². The number of nitrogens with one attached hydrogen (secondary N) is 3. The lowest BCUT2D eigenvalue weighted by molar-refractivity contribution is -0.140. The number of rotatable bonds is 5. The molecule has 0 saturated carbocycles. The lowest BCUT2D eigenvalue weighted by Crippen LogP contribution is -2.62. The van der Waals surface area contributed by atoms with Crippen LogP contribution in [0.1, 0.15) is 57.6 Å². The van der Waals surface area contributed by atoms with Gasteiger partial charge in [-0.15, -0.1) is 0 Å². The van der Waals surface area contributed by atoms with E-state index in [4.69, 9.17) is 0 Å². The molecular weight excluding hydrogens is 374 g/mol. The molecule has 3 N–H and O–H groups in total. The van der Waals surface area contributed by atoms with Gasteiger partial charge in [0.15, 0.2) is 0 Å².